The fourth-order valence-corrected chi connectivity index (χ4v) is 4.84. The van der Waals surface area contributed by atoms with Gasteiger partial charge in [0.15, 0.2) is 0 Å². The molecule has 0 unspecified atom stereocenters. The van der Waals surface area contributed by atoms with Crippen molar-refractivity contribution >= 4 is 5.84 Å². The minimum atomic E-state index is 0.624. The van der Waals surface area contributed by atoms with Crippen LogP contribution in [0.2, 0.25) is 0 Å². The molecule has 2 aliphatic carbocycles. The van der Waals surface area contributed by atoms with Crippen molar-refractivity contribution in [2.75, 3.05) is 0 Å². The SMILES string of the molecule is Cc1cccc(C)c1CC(=N)N(C1CCCCC1)C1CCCCC1. The van der Waals surface area contributed by atoms with E-state index >= 15 is 0 Å². The molecule has 2 aliphatic rings. The summed E-state index contributed by atoms with van der Waals surface area (Å²) in [5.41, 5.74) is 4.05. The van der Waals surface area contributed by atoms with E-state index in [9.17, 15) is 0 Å². The third-order valence-electron chi connectivity index (χ3n) is 6.24. The van der Waals surface area contributed by atoms with Gasteiger partial charge < -0.3 is 4.90 Å². The molecule has 3 rings (SSSR count). The Morgan fingerprint density at radius 2 is 1.33 bits per heavy atom. The second-order valence-electron chi connectivity index (χ2n) is 7.98. The van der Waals surface area contributed by atoms with Crippen molar-refractivity contribution in [1.82, 2.24) is 4.90 Å². The summed E-state index contributed by atoms with van der Waals surface area (Å²) in [6.45, 7) is 4.39. The zero-order valence-electron chi connectivity index (χ0n) is 15.6. The first-order chi connectivity index (χ1) is 11.7. The molecule has 0 heterocycles. The first-order valence-corrected chi connectivity index (χ1v) is 10.1. The Labute approximate surface area is 148 Å². The molecule has 0 aromatic heterocycles. The van der Waals surface area contributed by atoms with Crippen LogP contribution in [-0.4, -0.2) is 22.8 Å². The van der Waals surface area contributed by atoms with Crippen LogP contribution in [0.25, 0.3) is 0 Å². The van der Waals surface area contributed by atoms with Gasteiger partial charge in [0, 0.05) is 18.5 Å². The predicted molar refractivity (Wildman–Crippen MR) is 103 cm³/mol. The van der Waals surface area contributed by atoms with E-state index in [0.29, 0.717) is 12.1 Å². The lowest BCUT2D eigenvalue weighted by Crippen LogP contribution is -2.49. The van der Waals surface area contributed by atoms with Crippen molar-refractivity contribution in [3.63, 3.8) is 0 Å². The third kappa shape index (κ3) is 4.02. The van der Waals surface area contributed by atoms with Crippen molar-refractivity contribution < 1.29 is 0 Å². The lowest BCUT2D eigenvalue weighted by Gasteiger charge is -2.43. The van der Waals surface area contributed by atoms with Crippen molar-refractivity contribution in [1.29, 1.82) is 5.41 Å². The summed E-state index contributed by atoms with van der Waals surface area (Å²) in [6, 6.07) is 7.78. The molecule has 0 radical (unpaired) electrons. The zero-order valence-corrected chi connectivity index (χ0v) is 15.6. The second-order valence-corrected chi connectivity index (χ2v) is 7.98. The molecule has 0 aliphatic heterocycles. The minimum Gasteiger partial charge on any atom is -0.354 e. The summed E-state index contributed by atoms with van der Waals surface area (Å²) < 4.78 is 0. The molecule has 0 saturated heterocycles. The molecular weight excluding hydrogens is 292 g/mol. The highest BCUT2D eigenvalue weighted by atomic mass is 15.2. The Morgan fingerprint density at radius 1 is 0.875 bits per heavy atom. The maximum atomic E-state index is 8.98. The van der Waals surface area contributed by atoms with Crippen LogP contribution >= 0.6 is 0 Å². The average molecular weight is 327 g/mol. The minimum absolute atomic E-state index is 0.624. The van der Waals surface area contributed by atoms with Crippen molar-refractivity contribution in [3.05, 3.63) is 34.9 Å². The number of aryl methyl sites for hydroxylation is 2. The van der Waals surface area contributed by atoms with Crippen LogP contribution < -0.4 is 0 Å². The van der Waals surface area contributed by atoms with Gasteiger partial charge in [0.2, 0.25) is 0 Å². The molecule has 2 nitrogen and oxygen atoms in total. The molecule has 0 amide bonds. The van der Waals surface area contributed by atoms with Gasteiger partial charge in [0.05, 0.1) is 0 Å². The van der Waals surface area contributed by atoms with E-state index in [0.717, 1.165) is 12.3 Å². The smallest absolute Gasteiger partial charge is 0.101 e. The third-order valence-corrected chi connectivity index (χ3v) is 6.24. The average Bonchev–Trinajstić information content (AvgIpc) is 2.60. The van der Waals surface area contributed by atoms with Gasteiger partial charge in [-0.25, -0.2) is 0 Å². The molecule has 24 heavy (non-hydrogen) atoms. The number of benzene rings is 1. The van der Waals surface area contributed by atoms with Crippen LogP contribution in [-0.2, 0) is 6.42 Å². The molecule has 2 heteroatoms. The van der Waals surface area contributed by atoms with E-state index in [2.05, 4.69) is 36.9 Å². The highest BCUT2D eigenvalue weighted by Crippen LogP contribution is 2.31. The Balaban J connectivity index is 1.79. The first-order valence-electron chi connectivity index (χ1n) is 10.1. The lowest BCUT2D eigenvalue weighted by molar-refractivity contribution is 0.154. The van der Waals surface area contributed by atoms with Gasteiger partial charge in [-0.2, -0.15) is 0 Å². The molecule has 1 N–H and O–H groups in total. The number of rotatable bonds is 4. The summed E-state index contributed by atoms with van der Waals surface area (Å²) in [4.78, 5) is 2.57. The van der Waals surface area contributed by atoms with Gasteiger partial charge in [-0.05, 0) is 56.2 Å². The van der Waals surface area contributed by atoms with Crippen LogP contribution in [0.3, 0.4) is 0 Å². The van der Waals surface area contributed by atoms with Gasteiger partial charge >= 0.3 is 0 Å². The first kappa shape index (κ1) is 17.5. The number of hydrogen-bond acceptors (Lipinski definition) is 1. The largest absolute Gasteiger partial charge is 0.354 e. The lowest BCUT2D eigenvalue weighted by atomic mass is 9.87. The quantitative estimate of drug-likeness (QED) is 0.550. The monoisotopic (exact) mass is 326 g/mol. The van der Waals surface area contributed by atoms with Crippen molar-refractivity contribution in [2.24, 2.45) is 0 Å². The van der Waals surface area contributed by atoms with Crippen LogP contribution in [0.1, 0.15) is 80.9 Å². The van der Waals surface area contributed by atoms with Gasteiger partial charge in [-0.3, -0.25) is 5.41 Å². The molecular formula is C22H34N2. The Bertz CT molecular complexity index is 513. The van der Waals surface area contributed by atoms with Gasteiger partial charge in [-0.1, -0.05) is 56.7 Å². The number of amidine groups is 1. The summed E-state index contributed by atoms with van der Waals surface area (Å²) in [6.07, 6.45) is 14.2. The van der Waals surface area contributed by atoms with E-state index in [1.807, 2.05) is 0 Å². The zero-order chi connectivity index (χ0) is 16.9. The maximum absolute atomic E-state index is 8.98. The van der Waals surface area contributed by atoms with E-state index in [1.54, 1.807) is 0 Å². The Hall–Kier alpha value is -1.31. The number of nitrogens with zero attached hydrogens (tertiary/aromatic N) is 1. The Kier molecular flexibility index (Phi) is 5.97. The molecule has 2 saturated carbocycles. The normalized spacial score (nSPS) is 20.1. The van der Waals surface area contributed by atoms with E-state index in [4.69, 9.17) is 5.41 Å². The topological polar surface area (TPSA) is 27.1 Å². The van der Waals surface area contributed by atoms with Gasteiger partial charge in [-0.15, -0.1) is 0 Å². The molecule has 2 fully saturated rings. The summed E-state index contributed by atoms with van der Waals surface area (Å²) in [5, 5.41) is 8.98. The fourth-order valence-electron chi connectivity index (χ4n) is 4.84. The van der Waals surface area contributed by atoms with E-state index < -0.39 is 0 Å². The summed E-state index contributed by atoms with van der Waals surface area (Å²) in [5.74, 6) is 0.881. The molecule has 1 aromatic carbocycles. The number of nitrogens with one attached hydrogen (secondary N) is 1. The highest BCUT2D eigenvalue weighted by Gasteiger charge is 2.30. The molecule has 132 valence electrons. The van der Waals surface area contributed by atoms with Crippen molar-refractivity contribution in [2.45, 2.75) is 96.6 Å². The molecule has 0 atom stereocenters. The Morgan fingerprint density at radius 3 is 1.79 bits per heavy atom. The van der Waals surface area contributed by atoms with Gasteiger partial charge in [0.25, 0.3) is 0 Å². The second kappa shape index (κ2) is 8.18. The molecule has 0 spiro atoms. The fraction of sp³-hybridized carbons (Fsp3) is 0.682. The van der Waals surface area contributed by atoms with Gasteiger partial charge in [0.1, 0.15) is 5.84 Å². The number of hydrogen-bond donors (Lipinski definition) is 1. The predicted octanol–water partition coefficient (Wildman–Crippen LogP) is 5.79. The molecule has 0 bridgehead atoms. The van der Waals surface area contributed by atoms with Crippen LogP contribution in [0, 0.1) is 19.3 Å². The standard InChI is InChI=1S/C22H34N2/c1-17-10-9-11-18(2)21(17)16-22(23)24(19-12-5-3-6-13-19)20-14-7-4-8-15-20/h9-11,19-20,23H,3-8,12-16H2,1-2H3. The van der Waals surface area contributed by atoms with Crippen LogP contribution in [0.4, 0.5) is 0 Å². The van der Waals surface area contributed by atoms with Crippen LogP contribution in [0.15, 0.2) is 18.2 Å². The van der Waals surface area contributed by atoms with Crippen molar-refractivity contribution in [3.8, 4) is 0 Å². The van der Waals surface area contributed by atoms with E-state index in [1.165, 1.54) is 80.9 Å². The maximum Gasteiger partial charge on any atom is 0.101 e. The van der Waals surface area contributed by atoms with E-state index in [-0.39, 0.29) is 0 Å². The van der Waals surface area contributed by atoms with Crippen LogP contribution in [0.5, 0.6) is 0 Å². The summed E-state index contributed by atoms with van der Waals surface area (Å²) >= 11 is 0. The molecule has 1 aromatic rings. The summed E-state index contributed by atoms with van der Waals surface area (Å²) in [7, 11) is 0. The highest BCUT2D eigenvalue weighted by molar-refractivity contribution is 5.83.